The summed E-state index contributed by atoms with van der Waals surface area (Å²) in [5.74, 6) is -2.51. The number of hydrogen-bond donors (Lipinski definition) is 3. The molecule has 0 saturated heterocycles. The first-order chi connectivity index (χ1) is 16.5. The molecule has 0 bridgehead atoms. The fraction of sp³-hybridized carbons (Fsp3) is 0.250. The molecule has 0 heterocycles. The molecule has 4 N–H and O–H groups in total. The minimum Gasteiger partial charge on any atom is -0.478 e. The van der Waals surface area contributed by atoms with Gasteiger partial charge in [-0.2, -0.15) is 26.3 Å². The molecule has 2 rings (SSSR count). The van der Waals surface area contributed by atoms with Gasteiger partial charge in [0.2, 0.25) is 0 Å². The van der Waals surface area contributed by atoms with E-state index in [-0.39, 0.29) is 18.2 Å². The van der Waals surface area contributed by atoms with E-state index >= 15 is 0 Å². The van der Waals surface area contributed by atoms with Crippen LogP contribution in [0.3, 0.4) is 0 Å². The first kappa shape index (κ1) is 30.4. The van der Waals surface area contributed by atoms with Crippen molar-refractivity contribution < 1.29 is 50.9 Å². The Balaban J connectivity index is 0.000000697. The van der Waals surface area contributed by atoms with Gasteiger partial charge in [-0.3, -0.25) is 0 Å². The van der Waals surface area contributed by atoms with Crippen LogP contribution in [0.1, 0.15) is 35.3 Å². The Morgan fingerprint density at radius 1 is 0.917 bits per heavy atom. The lowest BCUT2D eigenvalue weighted by molar-refractivity contribution is -0.143. The van der Waals surface area contributed by atoms with Crippen molar-refractivity contribution in [2.45, 2.75) is 30.9 Å². The van der Waals surface area contributed by atoms with Crippen LogP contribution in [0.2, 0.25) is 0 Å². The van der Waals surface area contributed by atoms with E-state index in [1.807, 2.05) is 0 Å². The second-order valence-electron chi connectivity index (χ2n) is 7.41. The lowest BCUT2D eigenvalue weighted by Gasteiger charge is -2.28. The molecule has 0 aliphatic heterocycles. The number of ether oxygens (including phenoxy) is 1. The molecule has 0 aliphatic carbocycles. The molecule has 0 amide bonds. The number of nitrogens with two attached hydrogens (primary N) is 1. The van der Waals surface area contributed by atoms with Gasteiger partial charge < -0.3 is 20.7 Å². The van der Waals surface area contributed by atoms with Gasteiger partial charge in [-0.15, -0.1) is 6.58 Å². The normalized spacial score (nSPS) is 14.3. The van der Waals surface area contributed by atoms with Gasteiger partial charge in [0, 0.05) is 12.2 Å². The maximum atomic E-state index is 13.0. The minimum atomic E-state index is -4.92. The summed E-state index contributed by atoms with van der Waals surface area (Å²) in [6.07, 6.45) is -8.36. The third-order valence-corrected chi connectivity index (χ3v) is 4.70. The molecule has 0 aliphatic rings. The summed E-state index contributed by atoms with van der Waals surface area (Å²) in [5, 5.41) is 15.6. The van der Waals surface area contributed by atoms with Gasteiger partial charge in [-0.1, -0.05) is 36.4 Å². The lowest BCUT2D eigenvalue weighted by Crippen LogP contribution is -2.39. The van der Waals surface area contributed by atoms with E-state index in [1.54, 1.807) is 30.3 Å². The molecule has 0 saturated carbocycles. The molecule has 2 aromatic rings. The number of alkyl halides is 6. The van der Waals surface area contributed by atoms with Crippen LogP contribution in [-0.4, -0.2) is 28.8 Å². The maximum Gasteiger partial charge on any atom is 0.416 e. The van der Waals surface area contributed by atoms with Gasteiger partial charge in [0.05, 0.1) is 29.4 Å². The molecule has 0 aromatic heterocycles. The van der Waals surface area contributed by atoms with Gasteiger partial charge in [-0.25, -0.2) is 9.59 Å². The predicted molar refractivity (Wildman–Crippen MR) is 118 cm³/mol. The Hall–Kier alpha value is -3.64. The topological polar surface area (TPSA) is 110 Å². The summed E-state index contributed by atoms with van der Waals surface area (Å²) < 4.78 is 83.6. The van der Waals surface area contributed by atoms with Crippen molar-refractivity contribution in [2.24, 2.45) is 5.73 Å². The van der Waals surface area contributed by atoms with Crippen molar-refractivity contribution in [2.75, 3.05) is 6.61 Å². The molecule has 0 fully saturated rings. The van der Waals surface area contributed by atoms with Gasteiger partial charge in [0.25, 0.3) is 0 Å². The minimum absolute atomic E-state index is 0.0805. The number of aliphatic carboxylic acids is 2. The number of benzene rings is 2. The number of carboxylic acid groups (broad SMARTS) is 2. The van der Waals surface area contributed by atoms with Crippen LogP contribution in [0.15, 0.2) is 73.3 Å². The second kappa shape index (κ2) is 12.4. The van der Waals surface area contributed by atoms with Crippen LogP contribution in [0, 0.1) is 0 Å². The Morgan fingerprint density at radius 3 is 1.72 bits per heavy atom. The average Bonchev–Trinajstić information content (AvgIpc) is 2.80. The quantitative estimate of drug-likeness (QED) is 0.240. The molecule has 2 aromatic carbocycles. The summed E-state index contributed by atoms with van der Waals surface area (Å²) >= 11 is 0. The first-order valence-corrected chi connectivity index (χ1v) is 10.0. The van der Waals surface area contributed by atoms with Crippen LogP contribution < -0.4 is 5.73 Å². The Labute approximate surface area is 202 Å². The number of carboxylic acids is 2. The van der Waals surface area contributed by atoms with Crippen molar-refractivity contribution in [1.82, 2.24) is 0 Å². The number of hydrogen-bond acceptors (Lipinski definition) is 4. The second-order valence-corrected chi connectivity index (χ2v) is 7.41. The zero-order chi connectivity index (χ0) is 27.7. The Morgan fingerprint density at radius 2 is 1.36 bits per heavy atom. The van der Waals surface area contributed by atoms with E-state index in [1.165, 1.54) is 13.0 Å². The zero-order valence-electron chi connectivity index (χ0n) is 18.8. The van der Waals surface area contributed by atoms with Gasteiger partial charge in [0.1, 0.15) is 0 Å². The van der Waals surface area contributed by atoms with E-state index < -0.39 is 47.1 Å². The Bertz CT molecular complexity index is 1030. The van der Waals surface area contributed by atoms with Gasteiger partial charge in [-0.05, 0) is 36.2 Å². The van der Waals surface area contributed by atoms with Crippen molar-refractivity contribution in [3.05, 3.63) is 95.6 Å². The SMILES string of the molecule is C=CC(N)(COC(C)c1cc(C(F)(F)F)cc(C(F)(F)F)c1)c1ccccc1.O=C(O)C=CC(=O)O. The van der Waals surface area contributed by atoms with Gasteiger partial charge >= 0.3 is 24.3 Å². The summed E-state index contributed by atoms with van der Waals surface area (Å²) in [4.78, 5) is 19.1. The van der Waals surface area contributed by atoms with Crippen molar-refractivity contribution >= 4 is 11.9 Å². The molecule has 196 valence electrons. The van der Waals surface area contributed by atoms with Crippen molar-refractivity contribution in [3.63, 3.8) is 0 Å². The largest absolute Gasteiger partial charge is 0.478 e. The summed E-state index contributed by atoms with van der Waals surface area (Å²) in [5.41, 5.74) is 2.71. The molecule has 2 unspecified atom stereocenters. The molecule has 12 heteroatoms. The maximum absolute atomic E-state index is 13.0. The third kappa shape index (κ3) is 9.55. The van der Waals surface area contributed by atoms with Crippen LogP contribution in [0.4, 0.5) is 26.3 Å². The highest BCUT2D eigenvalue weighted by Crippen LogP contribution is 2.38. The smallest absolute Gasteiger partial charge is 0.416 e. The number of carbonyl (C=O) groups is 2. The average molecular weight is 519 g/mol. The van der Waals surface area contributed by atoms with E-state index in [0.717, 1.165) is 0 Å². The number of halogens is 6. The monoisotopic (exact) mass is 519 g/mol. The van der Waals surface area contributed by atoms with Crippen molar-refractivity contribution in [3.8, 4) is 0 Å². The molecule has 36 heavy (non-hydrogen) atoms. The third-order valence-electron chi connectivity index (χ3n) is 4.70. The zero-order valence-corrected chi connectivity index (χ0v) is 18.8. The standard InChI is InChI=1S/C20H19F6NO.C4H4O4/c1-3-18(27,15-7-5-4-6-8-15)12-28-13(2)14-9-16(19(21,22)23)11-17(10-14)20(24,25)26;5-3(6)1-2-4(7)8/h3-11,13H,1,12,27H2,2H3;1-2H,(H,5,6)(H,7,8). The molecule has 6 nitrogen and oxygen atoms in total. The van der Waals surface area contributed by atoms with Crippen LogP contribution in [0.25, 0.3) is 0 Å². The molecule has 0 radical (unpaired) electrons. The van der Waals surface area contributed by atoms with E-state index in [4.69, 9.17) is 20.7 Å². The van der Waals surface area contributed by atoms with Crippen LogP contribution in [0.5, 0.6) is 0 Å². The lowest BCUT2D eigenvalue weighted by atomic mass is 9.92. The summed E-state index contributed by atoms with van der Waals surface area (Å²) in [7, 11) is 0. The highest BCUT2D eigenvalue weighted by molar-refractivity contribution is 5.89. The van der Waals surface area contributed by atoms with E-state index in [9.17, 15) is 35.9 Å². The van der Waals surface area contributed by atoms with Crippen LogP contribution >= 0.6 is 0 Å². The van der Waals surface area contributed by atoms with Crippen LogP contribution in [-0.2, 0) is 32.2 Å². The Kier molecular flexibility index (Phi) is 10.4. The predicted octanol–water partition coefficient (Wildman–Crippen LogP) is 5.55. The molecular weight excluding hydrogens is 496 g/mol. The van der Waals surface area contributed by atoms with E-state index in [2.05, 4.69) is 6.58 Å². The molecule has 2 atom stereocenters. The summed E-state index contributed by atoms with van der Waals surface area (Å²) in [6, 6.07) is 10.1. The van der Waals surface area contributed by atoms with Gasteiger partial charge in [0.15, 0.2) is 0 Å². The molecule has 0 spiro atoms. The first-order valence-electron chi connectivity index (χ1n) is 10.0. The fourth-order valence-corrected chi connectivity index (χ4v) is 2.72. The molecular formula is C24H23F6NO5. The van der Waals surface area contributed by atoms with Crippen molar-refractivity contribution in [1.29, 1.82) is 0 Å². The van der Waals surface area contributed by atoms with E-state index in [0.29, 0.717) is 29.8 Å². The number of rotatable bonds is 8. The summed E-state index contributed by atoms with van der Waals surface area (Å²) in [6.45, 7) is 4.83. The highest BCUT2D eigenvalue weighted by atomic mass is 19.4. The fourth-order valence-electron chi connectivity index (χ4n) is 2.72. The highest BCUT2D eigenvalue weighted by Gasteiger charge is 2.37.